The second-order valence-electron chi connectivity index (χ2n) is 10.8. The van der Waals surface area contributed by atoms with Gasteiger partial charge in [-0.25, -0.2) is 23.5 Å². The molecule has 2 fully saturated rings. The lowest BCUT2D eigenvalue weighted by Crippen LogP contribution is -2.35. The van der Waals surface area contributed by atoms with Crippen LogP contribution in [0.25, 0.3) is 11.0 Å². The van der Waals surface area contributed by atoms with Gasteiger partial charge in [0.25, 0.3) is 0 Å². The molecule has 0 bridgehead atoms. The highest BCUT2D eigenvalue weighted by atomic mass is 19.1. The number of imidazole rings is 1. The molecule has 0 aliphatic carbocycles. The zero-order valence-corrected chi connectivity index (χ0v) is 22.8. The molecule has 0 radical (unpaired) electrons. The van der Waals surface area contributed by atoms with E-state index in [2.05, 4.69) is 14.9 Å². The van der Waals surface area contributed by atoms with E-state index in [1.807, 2.05) is 29.7 Å². The Morgan fingerprint density at radius 2 is 1.95 bits per heavy atom. The molecule has 8 nitrogen and oxygen atoms in total. The standard InChI is InChI=1S/C31H32F2N4O4/c1-19(24-14-28-29(15-25(24)31(38)39)37(18-34-28)16-23-9-12-40-23)36-10-7-20(8-11-36)27-3-2-4-30(35-27)41-17-21-13-22(32)5-6-26(21)33/h2-6,13-15,18-20,23H,7-12,16-17H2,1H3,(H,38,39)/t19?,23-/m0/s1. The van der Waals surface area contributed by atoms with E-state index in [1.54, 1.807) is 18.5 Å². The number of halogens is 2. The molecule has 1 N–H and O–H groups in total. The number of carboxylic acids is 1. The third kappa shape index (κ3) is 5.80. The number of carbonyl (C=O) groups is 1. The van der Waals surface area contributed by atoms with Crippen molar-refractivity contribution in [3.63, 3.8) is 0 Å². The molecular weight excluding hydrogens is 530 g/mol. The van der Waals surface area contributed by atoms with E-state index in [0.717, 1.165) is 79.4 Å². The Balaban J connectivity index is 1.12. The van der Waals surface area contributed by atoms with Gasteiger partial charge in [-0.3, -0.25) is 4.90 Å². The van der Waals surface area contributed by atoms with Gasteiger partial charge in [-0.2, -0.15) is 0 Å². The van der Waals surface area contributed by atoms with Crippen molar-refractivity contribution in [1.82, 2.24) is 19.4 Å². The van der Waals surface area contributed by atoms with Gasteiger partial charge in [-0.05, 0) is 81.2 Å². The monoisotopic (exact) mass is 562 g/mol. The van der Waals surface area contributed by atoms with Crippen LogP contribution in [0, 0.1) is 11.6 Å². The fourth-order valence-corrected chi connectivity index (χ4v) is 5.77. The molecule has 0 saturated carbocycles. The van der Waals surface area contributed by atoms with Gasteiger partial charge in [0.2, 0.25) is 5.88 Å². The van der Waals surface area contributed by atoms with Crippen LogP contribution >= 0.6 is 0 Å². The number of aromatic nitrogens is 3. The smallest absolute Gasteiger partial charge is 0.336 e. The normalized spacial score (nSPS) is 18.8. The molecule has 2 aliphatic heterocycles. The summed E-state index contributed by atoms with van der Waals surface area (Å²) in [5.41, 5.74) is 3.67. The SMILES string of the molecule is CC(c1cc2ncn(C[C@@H]3CCO3)c2cc1C(=O)O)N1CCC(c2cccc(OCc3cc(F)ccc3F)n2)CC1. The summed E-state index contributed by atoms with van der Waals surface area (Å²) in [4.78, 5) is 23.8. The summed E-state index contributed by atoms with van der Waals surface area (Å²) in [5, 5.41) is 10.1. The minimum absolute atomic E-state index is 0.102. The molecule has 0 amide bonds. The molecule has 4 heterocycles. The van der Waals surface area contributed by atoms with Crippen LogP contribution in [0.15, 0.2) is 54.9 Å². The lowest BCUT2D eigenvalue weighted by molar-refractivity contribution is -0.0586. The Hall–Kier alpha value is -3.89. The summed E-state index contributed by atoms with van der Waals surface area (Å²) in [6, 6.07) is 12.4. The minimum atomic E-state index is -0.949. The number of hydrogen-bond acceptors (Lipinski definition) is 6. The van der Waals surface area contributed by atoms with Crippen LogP contribution in [0.4, 0.5) is 8.78 Å². The molecule has 2 atom stereocenters. The van der Waals surface area contributed by atoms with Crippen LogP contribution in [0.3, 0.4) is 0 Å². The number of likely N-dealkylation sites (tertiary alicyclic amines) is 1. The molecule has 41 heavy (non-hydrogen) atoms. The number of pyridine rings is 1. The molecule has 214 valence electrons. The highest BCUT2D eigenvalue weighted by Crippen LogP contribution is 2.34. The largest absolute Gasteiger partial charge is 0.478 e. The highest BCUT2D eigenvalue weighted by Gasteiger charge is 2.29. The number of rotatable bonds is 9. The molecule has 2 saturated heterocycles. The van der Waals surface area contributed by atoms with Crippen molar-refractivity contribution in [2.45, 2.75) is 57.4 Å². The number of aromatic carboxylic acids is 1. The number of ether oxygens (including phenoxy) is 2. The van der Waals surface area contributed by atoms with Crippen LogP contribution < -0.4 is 4.74 Å². The van der Waals surface area contributed by atoms with E-state index in [1.165, 1.54) is 0 Å². The van der Waals surface area contributed by atoms with Gasteiger partial charge < -0.3 is 19.1 Å². The van der Waals surface area contributed by atoms with Gasteiger partial charge in [0.05, 0.1) is 35.6 Å². The summed E-state index contributed by atoms with van der Waals surface area (Å²) in [6.07, 6.45) is 4.61. The van der Waals surface area contributed by atoms with Crippen molar-refractivity contribution in [2.24, 2.45) is 0 Å². The van der Waals surface area contributed by atoms with Gasteiger partial charge in [0.1, 0.15) is 18.2 Å². The number of carboxylic acid groups (broad SMARTS) is 1. The topological polar surface area (TPSA) is 89.7 Å². The molecule has 6 rings (SSSR count). The molecule has 4 aromatic rings. The number of benzene rings is 2. The third-order valence-corrected chi connectivity index (χ3v) is 8.29. The Bertz CT molecular complexity index is 1560. The zero-order valence-electron chi connectivity index (χ0n) is 22.8. The fraction of sp³-hybridized carbons (Fsp3) is 0.387. The van der Waals surface area contributed by atoms with E-state index < -0.39 is 17.6 Å². The fourth-order valence-electron chi connectivity index (χ4n) is 5.77. The second-order valence-corrected chi connectivity index (χ2v) is 10.8. The molecule has 2 aromatic carbocycles. The van der Waals surface area contributed by atoms with Gasteiger partial charge >= 0.3 is 5.97 Å². The van der Waals surface area contributed by atoms with Crippen LogP contribution in [0.5, 0.6) is 5.88 Å². The van der Waals surface area contributed by atoms with Crippen molar-refractivity contribution in [3.8, 4) is 5.88 Å². The molecule has 1 unspecified atom stereocenters. The minimum Gasteiger partial charge on any atom is -0.478 e. The Kier molecular flexibility index (Phi) is 7.68. The van der Waals surface area contributed by atoms with Crippen LogP contribution in [0.2, 0.25) is 0 Å². The average Bonchev–Trinajstić information content (AvgIpc) is 3.36. The predicted octanol–water partition coefficient (Wildman–Crippen LogP) is 5.72. The zero-order chi connectivity index (χ0) is 28.5. The summed E-state index contributed by atoms with van der Waals surface area (Å²) in [7, 11) is 0. The first kappa shape index (κ1) is 27.3. The maximum absolute atomic E-state index is 14.0. The Morgan fingerprint density at radius 3 is 2.68 bits per heavy atom. The Morgan fingerprint density at radius 1 is 1.15 bits per heavy atom. The van der Waals surface area contributed by atoms with Gasteiger partial charge in [-0.1, -0.05) is 6.07 Å². The molecular formula is C31H32F2N4O4. The molecule has 2 aliphatic rings. The first-order valence-corrected chi connectivity index (χ1v) is 14.0. The highest BCUT2D eigenvalue weighted by molar-refractivity contribution is 5.94. The Labute approximate surface area is 236 Å². The van der Waals surface area contributed by atoms with E-state index in [-0.39, 0.29) is 30.2 Å². The van der Waals surface area contributed by atoms with Crippen molar-refractivity contribution in [1.29, 1.82) is 0 Å². The summed E-state index contributed by atoms with van der Waals surface area (Å²) < 4.78 is 40.7. The van der Waals surface area contributed by atoms with Crippen LogP contribution in [0.1, 0.15) is 65.3 Å². The average molecular weight is 563 g/mol. The van der Waals surface area contributed by atoms with Gasteiger partial charge in [-0.15, -0.1) is 0 Å². The maximum Gasteiger partial charge on any atom is 0.336 e. The molecule has 2 aromatic heterocycles. The summed E-state index contributed by atoms with van der Waals surface area (Å²) in [5.74, 6) is -1.42. The van der Waals surface area contributed by atoms with Crippen LogP contribution in [-0.2, 0) is 17.9 Å². The quantitative estimate of drug-likeness (QED) is 0.279. The maximum atomic E-state index is 14.0. The van der Waals surface area contributed by atoms with E-state index >= 15 is 0 Å². The lowest BCUT2D eigenvalue weighted by atomic mass is 9.90. The van der Waals surface area contributed by atoms with Gasteiger partial charge in [0.15, 0.2) is 0 Å². The van der Waals surface area contributed by atoms with E-state index in [4.69, 9.17) is 9.47 Å². The number of nitrogens with zero attached hydrogens (tertiary/aromatic N) is 4. The number of hydrogen-bond donors (Lipinski definition) is 1. The predicted molar refractivity (Wildman–Crippen MR) is 148 cm³/mol. The van der Waals surface area contributed by atoms with E-state index in [9.17, 15) is 18.7 Å². The molecule has 10 heteroatoms. The van der Waals surface area contributed by atoms with E-state index in [0.29, 0.717) is 18.0 Å². The van der Waals surface area contributed by atoms with Crippen molar-refractivity contribution in [2.75, 3.05) is 19.7 Å². The number of fused-ring (bicyclic) bond motifs is 1. The van der Waals surface area contributed by atoms with Crippen molar-refractivity contribution in [3.05, 3.63) is 88.9 Å². The van der Waals surface area contributed by atoms with Crippen LogP contribution in [-0.4, -0.2) is 56.3 Å². The number of piperidine rings is 1. The summed E-state index contributed by atoms with van der Waals surface area (Å²) >= 11 is 0. The summed E-state index contributed by atoms with van der Waals surface area (Å²) in [6.45, 7) is 4.92. The molecule has 0 spiro atoms. The first-order valence-electron chi connectivity index (χ1n) is 14.0. The second kappa shape index (κ2) is 11.5. The van der Waals surface area contributed by atoms with Crippen molar-refractivity contribution < 1.29 is 28.2 Å². The lowest BCUT2D eigenvalue weighted by Gasteiger charge is -2.36. The van der Waals surface area contributed by atoms with Crippen molar-refractivity contribution >= 4 is 17.0 Å². The third-order valence-electron chi connectivity index (χ3n) is 8.29. The first-order chi connectivity index (χ1) is 19.9. The van der Waals surface area contributed by atoms with Gasteiger partial charge in [0, 0.05) is 35.9 Å².